The number of hydrogen-bond donors (Lipinski definition) is 0. The van der Waals surface area contributed by atoms with E-state index in [2.05, 4.69) is 13.8 Å². The Morgan fingerprint density at radius 1 is 1.33 bits per heavy atom. The summed E-state index contributed by atoms with van der Waals surface area (Å²) in [4.78, 5) is 11.1. The third-order valence-electron chi connectivity index (χ3n) is 3.26. The molecule has 0 aromatic carbocycles. The second-order valence-electron chi connectivity index (χ2n) is 6.05. The Hall–Kier alpha value is -1.54. The first-order valence-corrected chi connectivity index (χ1v) is 8.85. The van der Waals surface area contributed by atoms with Gasteiger partial charge in [0.05, 0.1) is 6.10 Å². The van der Waals surface area contributed by atoms with Crippen LogP contribution in [0.5, 0.6) is 0 Å². The standard InChI is InChI=1S/C17H24N2O4S/c1-10(2)22-17-14(13(7-18)8-19)6-16(24-11(3)4)15(23-17)9-21-12(5)20/h10-11,15-17H,6,9H2,1-5H3/t15-,16-,17+/m1/s1. The lowest BCUT2D eigenvalue weighted by Crippen LogP contribution is -2.44. The molecular formula is C17H24N2O4S. The maximum absolute atomic E-state index is 11.1. The van der Waals surface area contributed by atoms with E-state index in [-0.39, 0.29) is 35.6 Å². The number of allylic oxidation sites excluding steroid dienone is 1. The first kappa shape index (κ1) is 20.5. The number of ether oxygens (including phenoxy) is 3. The van der Waals surface area contributed by atoms with Crippen molar-refractivity contribution in [3.05, 3.63) is 11.1 Å². The highest BCUT2D eigenvalue weighted by atomic mass is 32.2. The van der Waals surface area contributed by atoms with Gasteiger partial charge in [0.25, 0.3) is 0 Å². The summed E-state index contributed by atoms with van der Waals surface area (Å²) < 4.78 is 16.8. The molecule has 132 valence electrons. The van der Waals surface area contributed by atoms with Crippen LogP contribution >= 0.6 is 11.8 Å². The van der Waals surface area contributed by atoms with Crippen LogP contribution in [0.25, 0.3) is 0 Å². The SMILES string of the molecule is CC(=O)OC[C@H]1O[C@H](OC(C)C)C(=C(C#N)C#N)C[C@H]1SC(C)C. The predicted molar refractivity (Wildman–Crippen MR) is 90.9 cm³/mol. The van der Waals surface area contributed by atoms with Crippen molar-refractivity contribution < 1.29 is 19.0 Å². The van der Waals surface area contributed by atoms with E-state index in [9.17, 15) is 15.3 Å². The molecule has 0 aliphatic carbocycles. The molecular weight excluding hydrogens is 328 g/mol. The Morgan fingerprint density at radius 2 is 1.96 bits per heavy atom. The molecule has 0 N–H and O–H groups in total. The summed E-state index contributed by atoms with van der Waals surface area (Å²) in [5, 5.41) is 18.7. The molecule has 6 nitrogen and oxygen atoms in total. The fourth-order valence-corrected chi connectivity index (χ4v) is 3.65. The van der Waals surface area contributed by atoms with Crippen LogP contribution in [0.15, 0.2) is 11.1 Å². The third kappa shape index (κ3) is 6.16. The first-order chi connectivity index (χ1) is 11.3. The first-order valence-electron chi connectivity index (χ1n) is 7.91. The fraction of sp³-hybridized carbons (Fsp3) is 0.706. The number of esters is 1. The fourth-order valence-electron chi connectivity index (χ4n) is 2.35. The van der Waals surface area contributed by atoms with Gasteiger partial charge in [-0.15, -0.1) is 0 Å². The number of nitriles is 2. The molecule has 0 radical (unpaired) electrons. The summed E-state index contributed by atoms with van der Waals surface area (Å²) in [6.07, 6.45) is -0.772. The van der Waals surface area contributed by atoms with Crippen LogP contribution in [0.4, 0.5) is 0 Å². The lowest BCUT2D eigenvalue weighted by Gasteiger charge is -2.38. The molecule has 7 heteroatoms. The van der Waals surface area contributed by atoms with Crippen molar-refractivity contribution >= 4 is 17.7 Å². The van der Waals surface area contributed by atoms with Gasteiger partial charge in [-0.25, -0.2) is 0 Å². The Kier molecular flexibility index (Phi) is 8.27. The quantitative estimate of drug-likeness (QED) is 0.536. The molecule has 0 spiro atoms. The van der Waals surface area contributed by atoms with Gasteiger partial charge in [-0.3, -0.25) is 4.79 Å². The van der Waals surface area contributed by atoms with Crippen LogP contribution in [-0.2, 0) is 19.0 Å². The van der Waals surface area contributed by atoms with Gasteiger partial charge in [0.1, 0.15) is 30.4 Å². The minimum absolute atomic E-state index is 0.0249. The van der Waals surface area contributed by atoms with Crippen molar-refractivity contribution in [2.45, 2.75) is 70.0 Å². The zero-order chi connectivity index (χ0) is 18.3. The van der Waals surface area contributed by atoms with Gasteiger partial charge in [-0.1, -0.05) is 13.8 Å². The van der Waals surface area contributed by atoms with Crippen LogP contribution in [0.1, 0.15) is 41.0 Å². The van der Waals surface area contributed by atoms with E-state index in [1.54, 1.807) is 11.8 Å². The van der Waals surface area contributed by atoms with Crippen molar-refractivity contribution in [2.24, 2.45) is 0 Å². The van der Waals surface area contributed by atoms with Crippen LogP contribution in [-0.4, -0.2) is 41.6 Å². The number of carbonyl (C=O) groups excluding carboxylic acids is 1. The largest absolute Gasteiger partial charge is 0.463 e. The van der Waals surface area contributed by atoms with Crippen LogP contribution < -0.4 is 0 Å². The minimum Gasteiger partial charge on any atom is -0.463 e. The Morgan fingerprint density at radius 3 is 2.42 bits per heavy atom. The summed E-state index contributed by atoms with van der Waals surface area (Å²) in [5.74, 6) is -0.371. The smallest absolute Gasteiger partial charge is 0.302 e. The second kappa shape index (κ2) is 9.68. The van der Waals surface area contributed by atoms with Crippen LogP contribution in [0.3, 0.4) is 0 Å². The number of rotatable bonds is 6. The molecule has 0 unspecified atom stereocenters. The average molecular weight is 352 g/mol. The summed E-state index contributed by atoms with van der Waals surface area (Å²) >= 11 is 1.67. The van der Waals surface area contributed by atoms with E-state index >= 15 is 0 Å². The van der Waals surface area contributed by atoms with Crippen LogP contribution in [0, 0.1) is 22.7 Å². The number of nitrogens with zero attached hydrogens (tertiary/aromatic N) is 2. The molecule has 0 saturated carbocycles. The van der Waals surface area contributed by atoms with Crippen molar-refractivity contribution in [1.29, 1.82) is 10.5 Å². The summed E-state index contributed by atoms with van der Waals surface area (Å²) in [5.41, 5.74) is 0.590. The highest BCUT2D eigenvalue weighted by Crippen LogP contribution is 2.37. The molecule has 0 bridgehead atoms. The molecule has 0 aromatic heterocycles. The molecule has 0 aromatic rings. The molecule has 1 aliphatic rings. The molecule has 1 saturated heterocycles. The van der Waals surface area contributed by atoms with E-state index in [4.69, 9.17) is 14.2 Å². The van der Waals surface area contributed by atoms with Gasteiger partial charge >= 0.3 is 5.97 Å². The Bertz CT molecular complexity index is 544. The van der Waals surface area contributed by atoms with Gasteiger partial charge in [0.2, 0.25) is 0 Å². The van der Waals surface area contributed by atoms with E-state index in [1.807, 2.05) is 26.0 Å². The predicted octanol–water partition coefficient (Wildman–Crippen LogP) is 2.94. The third-order valence-corrected chi connectivity index (χ3v) is 4.62. The lowest BCUT2D eigenvalue weighted by atomic mass is 9.98. The number of hydrogen-bond acceptors (Lipinski definition) is 7. The van der Waals surface area contributed by atoms with E-state index in [0.29, 0.717) is 17.2 Å². The van der Waals surface area contributed by atoms with Gasteiger partial charge < -0.3 is 14.2 Å². The topological polar surface area (TPSA) is 92.3 Å². The second-order valence-corrected chi connectivity index (χ2v) is 7.87. The summed E-state index contributed by atoms with van der Waals surface area (Å²) in [7, 11) is 0. The number of carbonyl (C=O) groups is 1. The zero-order valence-electron chi connectivity index (χ0n) is 14.7. The Balaban J connectivity index is 3.11. The van der Waals surface area contributed by atoms with Gasteiger partial charge in [-0.2, -0.15) is 22.3 Å². The maximum atomic E-state index is 11.1. The molecule has 1 rings (SSSR count). The normalized spacial score (nSPS) is 23.7. The highest BCUT2D eigenvalue weighted by molar-refractivity contribution is 8.00. The lowest BCUT2D eigenvalue weighted by molar-refractivity contribution is -0.192. The maximum Gasteiger partial charge on any atom is 0.302 e. The number of thioether (sulfide) groups is 1. The highest BCUT2D eigenvalue weighted by Gasteiger charge is 2.38. The van der Waals surface area contributed by atoms with E-state index in [0.717, 1.165) is 0 Å². The van der Waals surface area contributed by atoms with Crippen LogP contribution in [0.2, 0.25) is 0 Å². The molecule has 1 fully saturated rings. The van der Waals surface area contributed by atoms with Crippen molar-refractivity contribution in [1.82, 2.24) is 0 Å². The van der Waals surface area contributed by atoms with Gasteiger partial charge in [0.15, 0.2) is 6.29 Å². The van der Waals surface area contributed by atoms with E-state index in [1.165, 1.54) is 6.92 Å². The molecule has 0 amide bonds. The van der Waals surface area contributed by atoms with Crippen molar-refractivity contribution in [3.63, 3.8) is 0 Å². The average Bonchev–Trinajstić information content (AvgIpc) is 2.48. The van der Waals surface area contributed by atoms with Crippen molar-refractivity contribution in [3.8, 4) is 12.1 Å². The molecule has 24 heavy (non-hydrogen) atoms. The molecule has 1 aliphatic heterocycles. The van der Waals surface area contributed by atoms with Gasteiger partial charge in [0, 0.05) is 17.7 Å². The summed E-state index contributed by atoms with van der Waals surface area (Å²) in [6.45, 7) is 9.31. The summed E-state index contributed by atoms with van der Waals surface area (Å²) in [6, 6.07) is 3.86. The van der Waals surface area contributed by atoms with Crippen molar-refractivity contribution in [2.75, 3.05) is 6.61 Å². The molecule has 1 heterocycles. The van der Waals surface area contributed by atoms with E-state index < -0.39 is 6.29 Å². The zero-order valence-corrected chi connectivity index (χ0v) is 15.6. The van der Waals surface area contributed by atoms with Gasteiger partial charge in [-0.05, 0) is 25.5 Å². The monoisotopic (exact) mass is 352 g/mol. The Labute approximate surface area is 147 Å². The minimum atomic E-state index is -0.774. The molecule has 3 atom stereocenters.